The van der Waals surface area contributed by atoms with Gasteiger partial charge >= 0.3 is 5.97 Å². The maximum absolute atomic E-state index is 14.7. The highest BCUT2D eigenvalue weighted by molar-refractivity contribution is 6.34. The van der Waals surface area contributed by atoms with Gasteiger partial charge in [0.1, 0.15) is 22.8 Å². The van der Waals surface area contributed by atoms with Crippen molar-refractivity contribution in [2.75, 3.05) is 0 Å². The van der Waals surface area contributed by atoms with Crippen LogP contribution in [0.5, 0.6) is 5.75 Å². The molecule has 0 saturated heterocycles. The third kappa shape index (κ3) is 3.17. The van der Waals surface area contributed by atoms with Gasteiger partial charge in [0.05, 0.1) is 21.7 Å². The summed E-state index contributed by atoms with van der Waals surface area (Å²) in [5.74, 6) is -2.73. The highest BCUT2D eigenvalue weighted by Gasteiger charge is 2.24. The lowest BCUT2D eigenvalue weighted by molar-refractivity contribution is 0.0696. The number of fused-ring (bicyclic) bond motifs is 1. The Balaban J connectivity index is 1.93. The summed E-state index contributed by atoms with van der Waals surface area (Å²) in [7, 11) is 0. The van der Waals surface area contributed by atoms with Crippen LogP contribution in [0, 0.1) is 12.7 Å². The second-order valence-electron chi connectivity index (χ2n) is 6.56. The van der Waals surface area contributed by atoms with Crippen LogP contribution in [0.15, 0.2) is 48.7 Å². The minimum Gasteiger partial charge on any atom is -0.508 e. The van der Waals surface area contributed by atoms with Crippen molar-refractivity contribution in [2.45, 2.75) is 6.92 Å². The van der Waals surface area contributed by atoms with E-state index in [1.165, 1.54) is 30.5 Å². The number of aromatic hydroxyl groups is 1. The van der Waals surface area contributed by atoms with Gasteiger partial charge in [0.15, 0.2) is 0 Å². The Labute approximate surface area is 174 Å². The van der Waals surface area contributed by atoms with Crippen LogP contribution in [0.4, 0.5) is 4.39 Å². The van der Waals surface area contributed by atoms with Crippen LogP contribution in [-0.2, 0) is 0 Å². The standard InChI is InChI=1S/C21H13ClFN3O4/c1-10-7-12(27)9-14(22)17(10)20(28)26-16-3-2-6-24-19(16)18(25-26)13-5-4-11(21(29)30)8-15(13)23/h2-9,27H,1H3,(H,29,30). The summed E-state index contributed by atoms with van der Waals surface area (Å²) in [6.45, 7) is 1.62. The van der Waals surface area contributed by atoms with Gasteiger partial charge in [-0.25, -0.2) is 9.18 Å². The summed E-state index contributed by atoms with van der Waals surface area (Å²) in [6.07, 6.45) is 1.48. The molecule has 0 bridgehead atoms. The van der Waals surface area contributed by atoms with E-state index in [2.05, 4.69) is 10.1 Å². The molecule has 2 aromatic carbocycles. The van der Waals surface area contributed by atoms with E-state index in [4.69, 9.17) is 16.7 Å². The molecule has 9 heteroatoms. The van der Waals surface area contributed by atoms with Crippen molar-refractivity contribution >= 4 is 34.5 Å². The number of carboxylic acids is 1. The van der Waals surface area contributed by atoms with Crippen molar-refractivity contribution in [3.05, 3.63) is 76.2 Å². The van der Waals surface area contributed by atoms with E-state index in [-0.39, 0.29) is 38.7 Å². The fourth-order valence-corrected chi connectivity index (χ4v) is 3.57. The number of benzene rings is 2. The second kappa shape index (κ2) is 7.23. The predicted molar refractivity (Wildman–Crippen MR) is 107 cm³/mol. The quantitative estimate of drug-likeness (QED) is 0.507. The van der Waals surface area contributed by atoms with E-state index in [1.807, 2.05) is 0 Å². The number of hydrogen-bond acceptors (Lipinski definition) is 5. The molecule has 150 valence electrons. The lowest BCUT2D eigenvalue weighted by atomic mass is 10.1. The number of carbonyl (C=O) groups excluding carboxylic acids is 1. The van der Waals surface area contributed by atoms with E-state index < -0.39 is 17.7 Å². The molecule has 0 aliphatic heterocycles. The molecule has 0 aliphatic carbocycles. The van der Waals surface area contributed by atoms with Gasteiger partial charge in [-0.3, -0.25) is 9.78 Å². The Hall–Kier alpha value is -3.78. The molecule has 2 aromatic heterocycles. The van der Waals surface area contributed by atoms with Crippen molar-refractivity contribution < 1.29 is 24.2 Å². The van der Waals surface area contributed by atoms with Gasteiger partial charge in [0, 0.05) is 11.8 Å². The Morgan fingerprint density at radius 1 is 1.17 bits per heavy atom. The van der Waals surface area contributed by atoms with Crippen LogP contribution in [0.1, 0.15) is 26.3 Å². The second-order valence-corrected chi connectivity index (χ2v) is 6.96. The summed E-state index contributed by atoms with van der Waals surface area (Å²) < 4.78 is 15.7. The smallest absolute Gasteiger partial charge is 0.335 e. The molecule has 0 unspecified atom stereocenters. The van der Waals surface area contributed by atoms with Crippen LogP contribution in [0.2, 0.25) is 5.02 Å². The minimum absolute atomic E-state index is 0.00350. The first-order valence-electron chi connectivity index (χ1n) is 8.68. The van der Waals surface area contributed by atoms with E-state index in [1.54, 1.807) is 19.1 Å². The number of aromatic carboxylic acids is 1. The van der Waals surface area contributed by atoms with Crippen molar-refractivity contribution in [3.8, 4) is 17.0 Å². The number of hydrogen-bond donors (Lipinski definition) is 2. The topological polar surface area (TPSA) is 105 Å². The fourth-order valence-electron chi connectivity index (χ4n) is 3.23. The molecule has 0 fully saturated rings. The van der Waals surface area contributed by atoms with Crippen molar-refractivity contribution in [1.29, 1.82) is 0 Å². The van der Waals surface area contributed by atoms with Crippen LogP contribution in [0.3, 0.4) is 0 Å². The first-order valence-corrected chi connectivity index (χ1v) is 9.06. The van der Waals surface area contributed by atoms with Gasteiger partial charge in [-0.1, -0.05) is 11.6 Å². The molecule has 4 aromatic rings. The molecule has 2 N–H and O–H groups in total. The number of phenols is 1. The van der Waals surface area contributed by atoms with Crippen molar-refractivity contribution in [2.24, 2.45) is 0 Å². The summed E-state index contributed by atoms with van der Waals surface area (Å²) in [5.41, 5.74) is 1.04. The largest absolute Gasteiger partial charge is 0.508 e. The molecule has 4 rings (SSSR count). The third-order valence-corrected chi connectivity index (χ3v) is 4.89. The lowest BCUT2D eigenvalue weighted by Gasteiger charge is -2.08. The van der Waals surface area contributed by atoms with Gasteiger partial charge in [-0.15, -0.1) is 0 Å². The molecular formula is C21H13ClFN3O4. The first kappa shape index (κ1) is 19.5. The molecule has 0 spiro atoms. The Morgan fingerprint density at radius 2 is 1.93 bits per heavy atom. The zero-order valence-electron chi connectivity index (χ0n) is 15.4. The van der Waals surface area contributed by atoms with Crippen LogP contribution < -0.4 is 0 Å². The van der Waals surface area contributed by atoms with E-state index >= 15 is 0 Å². The van der Waals surface area contributed by atoms with Crippen LogP contribution >= 0.6 is 11.6 Å². The van der Waals surface area contributed by atoms with Gasteiger partial charge in [0.25, 0.3) is 5.91 Å². The molecule has 0 radical (unpaired) electrons. The number of carbonyl (C=O) groups is 2. The molecule has 7 nitrogen and oxygen atoms in total. The zero-order valence-corrected chi connectivity index (χ0v) is 16.2. The molecule has 0 saturated carbocycles. The minimum atomic E-state index is -1.26. The normalized spacial score (nSPS) is 11.0. The van der Waals surface area contributed by atoms with E-state index in [9.17, 15) is 19.1 Å². The highest BCUT2D eigenvalue weighted by Crippen LogP contribution is 2.31. The average Bonchev–Trinajstić information content (AvgIpc) is 3.06. The fraction of sp³-hybridized carbons (Fsp3) is 0.0476. The van der Waals surface area contributed by atoms with Gasteiger partial charge in [0.2, 0.25) is 0 Å². The Bertz CT molecular complexity index is 1330. The number of rotatable bonds is 3. The molecule has 30 heavy (non-hydrogen) atoms. The lowest BCUT2D eigenvalue weighted by Crippen LogP contribution is -2.15. The summed E-state index contributed by atoms with van der Waals surface area (Å²) in [4.78, 5) is 28.5. The Morgan fingerprint density at radius 3 is 2.60 bits per heavy atom. The number of nitrogens with zero attached hydrogens (tertiary/aromatic N) is 3. The molecule has 0 aliphatic rings. The first-order chi connectivity index (χ1) is 14.3. The molecule has 0 amide bonds. The maximum Gasteiger partial charge on any atom is 0.335 e. The van der Waals surface area contributed by atoms with Gasteiger partial charge < -0.3 is 10.2 Å². The summed E-state index contributed by atoms with van der Waals surface area (Å²) >= 11 is 6.17. The summed E-state index contributed by atoms with van der Waals surface area (Å²) in [6, 6.07) is 9.26. The molecule has 0 atom stereocenters. The van der Waals surface area contributed by atoms with Gasteiger partial charge in [-0.05, 0) is 55.0 Å². The number of phenolic OH excluding ortho intramolecular Hbond substituents is 1. The average molecular weight is 426 g/mol. The monoisotopic (exact) mass is 425 g/mol. The SMILES string of the molecule is Cc1cc(O)cc(Cl)c1C(=O)n1nc(-c2ccc(C(=O)O)cc2F)c2ncccc21. The highest BCUT2D eigenvalue weighted by atomic mass is 35.5. The number of carboxylic acid groups (broad SMARTS) is 1. The predicted octanol–water partition coefficient (Wildman–Crippen LogP) is 4.29. The molecular weight excluding hydrogens is 413 g/mol. The van der Waals surface area contributed by atoms with E-state index in [0.29, 0.717) is 11.1 Å². The van der Waals surface area contributed by atoms with Crippen LogP contribution in [-0.4, -0.2) is 36.9 Å². The molecule has 2 heterocycles. The summed E-state index contributed by atoms with van der Waals surface area (Å²) in [5, 5.41) is 23.0. The number of pyridine rings is 1. The number of aromatic nitrogens is 3. The maximum atomic E-state index is 14.7. The van der Waals surface area contributed by atoms with Crippen molar-refractivity contribution in [1.82, 2.24) is 14.8 Å². The van der Waals surface area contributed by atoms with E-state index in [0.717, 1.165) is 10.7 Å². The Kier molecular flexibility index (Phi) is 4.71. The van der Waals surface area contributed by atoms with Crippen LogP contribution in [0.25, 0.3) is 22.3 Å². The van der Waals surface area contributed by atoms with Crippen molar-refractivity contribution in [3.63, 3.8) is 0 Å². The zero-order chi connectivity index (χ0) is 21.6. The third-order valence-electron chi connectivity index (χ3n) is 4.59. The number of aryl methyl sites for hydroxylation is 1. The number of halogens is 2. The van der Waals surface area contributed by atoms with Gasteiger partial charge in [-0.2, -0.15) is 9.78 Å².